The molecular weight excluding hydrogens is 238 g/mol. The van der Waals surface area contributed by atoms with Crippen molar-refractivity contribution in [2.24, 2.45) is 5.73 Å². The van der Waals surface area contributed by atoms with Crippen molar-refractivity contribution < 1.29 is 4.74 Å². The van der Waals surface area contributed by atoms with Gasteiger partial charge in [-0.25, -0.2) is 0 Å². The maximum absolute atomic E-state index is 5.91. The van der Waals surface area contributed by atoms with Crippen LogP contribution in [0.4, 0.5) is 5.69 Å². The second-order valence-electron chi connectivity index (χ2n) is 5.68. The summed E-state index contributed by atoms with van der Waals surface area (Å²) in [5, 5.41) is 0. The molecule has 3 rings (SSSR count). The van der Waals surface area contributed by atoms with Crippen LogP contribution >= 0.6 is 0 Å². The number of ether oxygens (including phenoxy) is 1. The molecule has 2 heterocycles. The molecule has 19 heavy (non-hydrogen) atoms. The molecule has 2 N–H and O–H groups in total. The molecule has 2 aliphatic rings. The standard InChI is InChI=1S/C15H23N3O/c1-11(16)13-7-6-12(10-17-13)18-8-9-19-15-5-3-2-4-14(15)18/h6-7,10-11,14-15H,2-5,8-9,16H2,1H3. The summed E-state index contributed by atoms with van der Waals surface area (Å²) in [4.78, 5) is 6.96. The van der Waals surface area contributed by atoms with Crippen molar-refractivity contribution in [2.45, 2.75) is 50.8 Å². The van der Waals surface area contributed by atoms with Crippen LogP contribution in [-0.2, 0) is 4.74 Å². The van der Waals surface area contributed by atoms with Gasteiger partial charge in [0.25, 0.3) is 0 Å². The number of pyridine rings is 1. The van der Waals surface area contributed by atoms with Gasteiger partial charge in [0.05, 0.1) is 36.3 Å². The van der Waals surface area contributed by atoms with E-state index >= 15 is 0 Å². The lowest BCUT2D eigenvalue weighted by Crippen LogP contribution is -2.52. The molecule has 1 aliphatic heterocycles. The summed E-state index contributed by atoms with van der Waals surface area (Å²) in [6.45, 7) is 3.77. The van der Waals surface area contributed by atoms with E-state index in [1.54, 1.807) is 0 Å². The number of rotatable bonds is 2. The summed E-state index contributed by atoms with van der Waals surface area (Å²) in [6.07, 6.45) is 7.43. The third-order valence-electron chi connectivity index (χ3n) is 4.30. The number of morpholine rings is 1. The molecular formula is C15H23N3O. The molecule has 3 unspecified atom stereocenters. The fourth-order valence-electron chi connectivity index (χ4n) is 3.25. The Balaban J connectivity index is 1.79. The Kier molecular flexibility index (Phi) is 3.71. The van der Waals surface area contributed by atoms with Gasteiger partial charge >= 0.3 is 0 Å². The van der Waals surface area contributed by atoms with Crippen LogP contribution in [0.5, 0.6) is 0 Å². The smallest absolute Gasteiger partial charge is 0.0779 e. The fraction of sp³-hybridized carbons (Fsp3) is 0.667. The highest BCUT2D eigenvalue weighted by Crippen LogP contribution is 2.31. The number of nitrogens with two attached hydrogens (primary N) is 1. The van der Waals surface area contributed by atoms with Crippen LogP contribution in [0.2, 0.25) is 0 Å². The number of hydrogen-bond donors (Lipinski definition) is 1. The Morgan fingerprint density at radius 3 is 2.95 bits per heavy atom. The minimum Gasteiger partial charge on any atom is -0.374 e. The molecule has 1 saturated carbocycles. The number of fused-ring (bicyclic) bond motifs is 1. The minimum atomic E-state index is 0.00108. The van der Waals surface area contributed by atoms with Gasteiger partial charge in [0, 0.05) is 12.6 Å². The van der Waals surface area contributed by atoms with Gasteiger partial charge in [0.15, 0.2) is 0 Å². The Morgan fingerprint density at radius 1 is 1.37 bits per heavy atom. The maximum Gasteiger partial charge on any atom is 0.0779 e. The molecule has 104 valence electrons. The van der Waals surface area contributed by atoms with Crippen LogP contribution in [0.25, 0.3) is 0 Å². The summed E-state index contributed by atoms with van der Waals surface area (Å²) >= 11 is 0. The third-order valence-corrected chi connectivity index (χ3v) is 4.30. The predicted molar refractivity (Wildman–Crippen MR) is 76.2 cm³/mol. The van der Waals surface area contributed by atoms with Gasteiger partial charge in [-0.1, -0.05) is 12.8 Å². The molecule has 4 nitrogen and oxygen atoms in total. The number of aromatic nitrogens is 1. The highest BCUT2D eigenvalue weighted by atomic mass is 16.5. The SMILES string of the molecule is CC(N)c1ccc(N2CCOC3CCCCC32)cn1. The summed E-state index contributed by atoms with van der Waals surface area (Å²) in [5.74, 6) is 0. The number of nitrogens with zero attached hydrogens (tertiary/aromatic N) is 2. The van der Waals surface area contributed by atoms with E-state index in [1.165, 1.54) is 31.4 Å². The quantitative estimate of drug-likeness (QED) is 0.887. The van der Waals surface area contributed by atoms with Crippen molar-refractivity contribution in [2.75, 3.05) is 18.1 Å². The van der Waals surface area contributed by atoms with Gasteiger partial charge in [-0.15, -0.1) is 0 Å². The first-order valence-corrected chi connectivity index (χ1v) is 7.35. The summed E-state index contributed by atoms with van der Waals surface area (Å²) in [6, 6.07) is 4.74. The lowest BCUT2D eigenvalue weighted by Gasteiger charge is -2.45. The first kappa shape index (κ1) is 12.9. The van der Waals surface area contributed by atoms with Crippen LogP contribution in [0, 0.1) is 0 Å². The molecule has 0 spiro atoms. The van der Waals surface area contributed by atoms with Crippen LogP contribution in [0.15, 0.2) is 18.3 Å². The van der Waals surface area contributed by atoms with Crippen molar-refractivity contribution in [1.29, 1.82) is 0 Å². The second-order valence-corrected chi connectivity index (χ2v) is 5.68. The van der Waals surface area contributed by atoms with E-state index < -0.39 is 0 Å². The van der Waals surface area contributed by atoms with Crippen LogP contribution in [0.1, 0.15) is 44.3 Å². The molecule has 1 saturated heterocycles. The van der Waals surface area contributed by atoms with Gasteiger partial charge < -0.3 is 15.4 Å². The molecule has 1 aromatic heterocycles. The molecule has 2 fully saturated rings. The normalized spacial score (nSPS) is 28.8. The highest BCUT2D eigenvalue weighted by Gasteiger charge is 2.34. The van der Waals surface area contributed by atoms with Crippen molar-refractivity contribution in [3.63, 3.8) is 0 Å². The van der Waals surface area contributed by atoms with E-state index in [1.807, 2.05) is 19.2 Å². The van der Waals surface area contributed by atoms with Gasteiger partial charge in [0.1, 0.15) is 0 Å². The van der Waals surface area contributed by atoms with E-state index in [4.69, 9.17) is 10.5 Å². The second kappa shape index (κ2) is 5.47. The fourth-order valence-corrected chi connectivity index (χ4v) is 3.25. The molecule has 0 bridgehead atoms. The lowest BCUT2D eigenvalue weighted by molar-refractivity contribution is -0.00870. The Morgan fingerprint density at radius 2 is 2.21 bits per heavy atom. The molecule has 0 radical (unpaired) electrons. The van der Waals surface area contributed by atoms with Gasteiger partial charge in [0.2, 0.25) is 0 Å². The molecule has 1 aliphatic carbocycles. The summed E-state index contributed by atoms with van der Waals surface area (Å²) in [5.41, 5.74) is 8.02. The van der Waals surface area contributed by atoms with Crippen LogP contribution in [0.3, 0.4) is 0 Å². The van der Waals surface area contributed by atoms with Crippen molar-refractivity contribution in [1.82, 2.24) is 4.98 Å². The first-order valence-electron chi connectivity index (χ1n) is 7.35. The monoisotopic (exact) mass is 261 g/mol. The van der Waals surface area contributed by atoms with Gasteiger partial charge in [-0.05, 0) is 31.9 Å². The average Bonchev–Trinajstić information content (AvgIpc) is 2.47. The summed E-state index contributed by atoms with van der Waals surface area (Å²) in [7, 11) is 0. The molecule has 1 aromatic rings. The minimum absolute atomic E-state index is 0.00108. The number of anilines is 1. The topological polar surface area (TPSA) is 51.4 Å². The average molecular weight is 261 g/mol. The van der Waals surface area contributed by atoms with E-state index in [0.717, 1.165) is 18.8 Å². The van der Waals surface area contributed by atoms with E-state index in [0.29, 0.717) is 12.1 Å². The Bertz CT molecular complexity index is 416. The Labute approximate surface area is 115 Å². The van der Waals surface area contributed by atoms with Crippen LogP contribution in [-0.4, -0.2) is 30.3 Å². The van der Waals surface area contributed by atoms with Crippen LogP contribution < -0.4 is 10.6 Å². The molecule has 0 aromatic carbocycles. The zero-order chi connectivity index (χ0) is 13.2. The van der Waals surface area contributed by atoms with Gasteiger partial charge in [-0.3, -0.25) is 4.98 Å². The van der Waals surface area contributed by atoms with Crippen molar-refractivity contribution >= 4 is 5.69 Å². The number of hydrogen-bond acceptors (Lipinski definition) is 4. The summed E-state index contributed by atoms with van der Waals surface area (Å²) < 4.78 is 5.91. The van der Waals surface area contributed by atoms with Crippen molar-refractivity contribution in [3.05, 3.63) is 24.0 Å². The Hall–Kier alpha value is -1.13. The molecule has 3 atom stereocenters. The van der Waals surface area contributed by atoms with E-state index in [9.17, 15) is 0 Å². The van der Waals surface area contributed by atoms with E-state index in [2.05, 4.69) is 16.0 Å². The van der Waals surface area contributed by atoms with Crippen molar-refractivity contribution in [3.8, 4) is 0 Å². The van der Waals surface area contributed by atoms with Gasteiger partial charge in [-0.2, -0.15) is 0 Å². The molecule has 4 heteroatoms. The largest absolute Gasteiger partial charge is 0.374 e. The lowest BCUT2D eigenvalue weighted by atomic mass is 9.90. The maximum atomic E-state index is 5.91. The molecule has 0 amide bonds. The first-order chi connectivity index (χ1) is 9.25. The zero-order valence-electron chi connectivity index (χ0n) is 11.6. The predicted octanol–water partition coefficient (Wildman–Crippen LogP) is 2.25. The van der Waals surface area contributed by atoms with E-state index in [-0.39, 0.29) is 6.04 Å². The highest BCUT2D eigenvalue weighted by molar-refractivity contribution is 5.47. The zero-order valence-corrected chi connectivity index (χ0v) is 11.6. The third kappa shape index (κ3) is 2.60.